The van der Waals surface area contributed by atoms with Gasteiger partial charge in [0, 0.05) is 18.2 Å². The van der Waals surface area contributed by atoms with Crippen LogP contribution in [-0.2, 0) is 11.2 Å². The molecule has 0 spiro atoms. The van der Waals surface area contributed by atoms with E-state index in [1.54, 1.807) is 7.05 Å². The largest absolute Gasteiger partial charge is 0.377 e. The van der Waals surface area contributed by atoms with Crippen LogP contribution in [0.15, 0.2) is 18.2 Å². The van der Waals surface area contributed by atoms with Gasteiger partial charge in [0.15, 0.2) is 0 Å². The summed E-state index contributed by atoms with van der Waals surface area (Å²) >= 11 is 0. The molecule has 0 saturated carbocycles. The van der Waals surface area contributed by atoms with Crippen molar-refractivity contribution in [2.24, 2.45) is 0 Å². The van der Waals surface area contributed by atoms with Gasteiger partial charge in [0.25, 0.3) is 0 Å². The fourth-order valence-corrected chi connectivity index (χ4v) is 2.45. The smallest absolute Gasteiger partial charge is 0.129 e. The van der Waals surface area contributed by atoms with Gasteiger partial charge in [-0.05, 0) is 44.9 Å². The van der Waals surface area contributed by atoms with E-state index in [-0.39, 0.29) is 17.7 Å². The molecule has 2 atom stereocenters. The normalized spacial score (nSPS) is 21.8. The van der Waals surface area contributed by atoms with Gasteiger partial charge in [0.05, 0.1) is 6.10 Å². The molecule has 0 bridgehead atoms. The summed E-state index contributed by atoms with van der Waals surface area (Å²) in [6, 6.07) is 3.94. The van der Waals surface area contributed by atoms with Crippen molar-refractivity contribution >= 4 is 0 Å². The molecule has 0 radical (unpaired) electrons. The summed E-state index contributed by atoms with van der Waals surface area (Å²) in [7, 11) is 1.81. The Morgan fingerprint density at radius 2 is 2.06 bits per heavy atom. The number of nitrogens with one attached hydrogen (secondary N) is 1. The Labute approximate surface area is 106 Å². The number of hydrogen-bond acceptors (Lipinski definition) is 2. The molecule has 100 valence electrons. The maximum absolute atomic E-state index is 13.6. The predicted molar refractivity (Wildman–Crippen MR) is 66.5 cm³/mol. The minimum Gasteiger partial charge on any atom is -0.377 e. The third kappa shape index (κ3) is 3.06. The van der Waals surface area contributed by atoms with Crippen LogP contribution in [0.1, 0.15) is 24.8 Å². The summed E-state index contributed by atoms with van der Waals surface area (Å²) in [5, 5.41) is 3.12. The third-order valence-corrected chi connectivity index (χ3v) is 3.52. The van der Waals surface area contributed by atoms with Crippen molar-refractivity contribution in [2.45, 2.75) is 37.8 Å². The van der Waals surface area contributed by atoms with Crippen LogP contribution in [0, 0.1) is 11.6 Å². The molecular weight excluding hydrogens is 236 g/mol. The quantitative estimate of drug-likeness (QED) is 0.893. The Balaban J connectivity index is 2.09. The second kappa shape index (κ2) is 6.25. The van der Waals surface area contributed by atoms with E-state index in [2.05, 4.69) is 5.32 Å². The number of halogens is 2. The van der Waals surface area contributed by atoms with Crippen molar-refractivity contribution in [3.63, 3.8) is 0 Å². The molecule has 4 heteroatoms. The molecule has 0 amide bonds. The Morgan fingerprint density at radius 1 is 1.33 bits per heavy atom. The summed E-state index contributed by atoms with van der Waals surface area (Å²) in [5.41, 5.74) is 0.144. The van der Waals surface area contributed by atoms with Gasteiger partial charge in [-0.15, -0.1) is 0 Å². The molecule has 0 aromatic heterocycles. The molecule has 1 saturated heterocycles. The molecule has 1 N–H and O–H groups in total. The lowest BCUT2D eigenvalue weighted by molar-refractivity contribution is -0.00615. The Kier molecular flexibility index (Phi) is 4.66. The topological polar surface area (TPSA) is 21.3 Å². The molecule has 2 nitrogen and oxygen atoms in total. The third-order valence-electron chi connectivity index (χ3n) is 3.52. The van der Waals surface area contributed by atoms with Gasteiger partial charge in [0.2, 0.25) is 0 Å². The first-order chi connectivity index (χ1) is 8.72. The zero-order valence-corrected chi connectivity index (χ0v) is 10.6. The van der Waals surface area contributed by atoms with Crippen molar-refractivity contribution in [3.05, 3.63) is 35.4 Å². The zero-order valence-electron chi connectivity index (χ0n) is 10.6. The van der Waals surface area contributed by atoms with E-state index in [0.717, 1.165) is 25.9 Å². The molecule has 1 aromatic carbocycles. The fourth-order valence-electron chi connectivity index (χ4n) is 2.45. The van der Waals surface area contributed by atoms with Gasteiger partial charge in [-0.25, -0.2) is 8.78 Å². The molecule has 18 heavy (non-hydrogen) atoms. The first-order valence-corrected chi connectivity index (χ1v) is 6.44. The molecule has 2 unspecified atom stereocenters. The van der Waals surface area contributed by atoms with Crippen LogP contribution in [0.3, 0.4) is 0 Å². The van der Waals surface area contributed by atoms with Crippen molar-refractivity contribution in [1.82, 2.24) is 5.32 Å². The van der Waals surface area contributed by atoms with E-state index >= 15 is 0 Å². The van der Waals surface area contributed by atoms with Gasteiger partial charge >= 0.3 is 0 Å². The van der Waals surface area contributed by atoms with Gasteiger partial charge in [-0.1, -0.05) is 6.07 Å². The van der Waals surface area contributed by atoms with Gasteiger partial charge in [-0.2, -0.15) is 0 Å². The van der Waals surface area contributed by atoms with Gasteiger partial charge in [0.1, 0.15) is 11.6 Å². The zero-order chi connectivity index (χ0) is 13.0. The summed E-state index contributed by atoms with van der Waals surface area (Å²) in [6.45, 7) is 0.739. The van der Waals surface area contributed by atoms with Gasteiger partial charge in [-0.3, -0.25) is 0 Å². The summed E-state index contributed by atoms with van der Waals surface area (Å²) in [5.74, 6) is -0.961. The lowest BCUT2D eigenvalue weighted by atomic mass is 9.95. The standard InChI is InChI=1S/C14H19F2NO/c1-17-13(14-7-2-3-8-18-14)9-10-11(15)5-4-6-12(10)16/h4-6,13-14,17H,2-3,7-9H2,1H3. The van der Waals surface area contributed by atoms with E-state index in [0.29, 0.717) is 6.42 Å². The Bertz CT molecular complexity index is 371. The summed E-state index contributed by atoms with van der Waals surface area (Å²) in [4.78, 5) is 0. The van der Waals surface area contributed by atoms with Crippen molar-refractivity contribution < 1.29 is 13.5 Å². The molecule has 1 aliphatic heterocycles. The first kappa shape index (κ1) is 13.4. The Hall–Kier alpha value is -1.00. The van der Waals surface area contributed by atoms with Crippen LogP contribution in [0.4, 0.5) is 8.78 Å². The highest BCUT2D eigenvalue weighted by Gasteiger charge is 2.25. The highest BCUT2D eigenvalue weighted by molar-refractivity contribution is 5.21. The van der Waals surface area contributed by atoms with E-state index < -0.39 is 11.6 Å². The van der Waals surface area contributed by atoms with Crippen LogP contribution >= 0.6 is 0 Å². The molecule has 1 aliphatic rings. The van der Waals surface area contributed by atoms with Crippen LogP contribution in [0.5, 0.6) is 0 Å². The number of hydrogen-bond donors (Lipinski definition) is 1. The molecular formula is C14H19F2NO. The summed E-state index contributed by atoms with van der Waals surface area (Å²) < 4.78 is 32.9. The molecule has 0 aliphatic carbocycles. The van der Waals surface area contributed by atoms with Crippen LogP contribution in [-0.4, -0.2) is 25.8 Å². The molecule has 1 aromatic rings. The van der Waals surface area contributed by atoms with E-state index in [9.17, 15) is 8.78 Å². The van der Waals surface area contributed by atoms with E-state index in [1.165, 1.54) is 18.2 Å². The minimum absolute atomic E-state index is 0.0442. The summed E-state index contributed by atoms with van der Waals surface area (Å²) in [6.07, 6.45) is 3.49. The number of likely N-dealkylation sites (N-methyl/N-ethyl adjacent to an activating group) is 1. The molecule has 1 fully saturated rings. The molecule has 1 heterocycles. The highest BCUT2D eigenvalue weighted by Crippen LogP contribution is 2.21. The van der Waals surface area contributed by atoms with E-state index in [4.69, 9.17) is 4.74 Å². The van der Waals surface area contributed by atoms with Crippen LogP contribution in [0.2, 0.25) is 0 Å². The molecule has 2 rings (SSSR count). The monoisotopic (exact) mass is 255 g/mol. The van der Waals surface area contributed by atoms with E-state index in [1.807, 2.05) is 0 Å². The van der Waals surface area contributed by atoms with Crippen LogP contribution < -0.4 is 5.32 Å². The lowest BCUT2D eigenvalue weighted by Gasteiger charge is -2.30. The fraction of sp³-hybridized carbons (Fsp3) is 0.571. The Morgan fingerprint density at radius 3 is 2.61 bits per heavy atom. The number of rotatable bonds is 4. The average Bonchev–Trinajstić information content (AvgIpc) is 2.40. The number of ether oxygens (including phenoxy) is 1. The van der Waals surface area contributed by atoms with Crippen LogP contribution in [0.25, 0.3) is 0 Å². The number of benzene rings is 1. The van der Waals surface area contributed by atoms with Crippen molar-refractivity contribution in [2.75, 3.05) is 13.7 Å². The lowest BCUT2D eigenvalue weighted by Crippen LogP contribution is -2.43. The van der Waals surface area contributed by atoms with Gasteiger partial charge < -0.3 is 10.1 Å². The van der Waals surface area contributed by atoms with Crippen molar-refractivity contribution in [3.8, 4) is 0 Å². The SMILES string of the molecule is CNC(Cc1c(F)cccc1F)C1CCCCO1. The first-order valence-electron chi connectivity index (χ1n) is 6.44. The highest BCUT2D eigenvalue weighted by atomic mass is 19.1. The maximum Gasteiger partial charge on any atom is 0.129 e. The predicted octanol–water partition coefficient (Wildman–Crippen LogP) is 2.66. The maximum atomic E-state index is 13.6. The minimum atomic E-state index is -0.481. The second-order valence-electron chi connectivity index (χ2n) is 4.70. The average molecular weight is 255 g/mol. The van der Waals surface area contributed by atoms with Crippen molar-refractivity contribution in [1.29, 1.82) is 0 Å². The second-order valence-corrected chi connectivity index (χ2v) is 4.70.